The Hall–Kier alpha value is -1.97. The van der Waals surface area contributed by atoms with Gasteiger partial charge in [-0.05, 0) is 17.0 Å². The van der Waals surface area contributed by atoms with Crippen LogP contribution < -0.4 is 10.6 Å². The van der Waals surface area contributed by atoms with Crippen LogP contribution in [0.5, 0.6) is 0 Å². The molecule has 3 rings (SSSR count). The molecule has 0 radical (unpaired) electrons. The molecule has 3 heteroatoms. The number of nitrogens with one attached hydrogen (secondary N) is 2. The van der Waals surface area contributed by atoms with Crippen LogP contribution in [0.25, 0.3) is 0 Å². The number of benzene rings is 2. The Labute approximate surface area is 144 Å². The summed E-state index contributed by atoms with van der Waals surface area (Å²) in [7, 11) is 0. The third kappa shape index (κ3) is 4.31. The zero-order chi connectivity index (χ0) is 16.9. The van der Waals surface area contributed by atoms with Crippen LogP contribution in [0.2, 0.25) is 0 Å². The number of carbonyl (C=O) groups is 1. The summed E-state index contributed by atoms with van der Waals surface area (Å²) in [5.41, 5.74) is 2.41. The van der Waals surface area contributed by atoms with E-state index in [0.29, 0.717) is 18.5 Å². The van der Waals surface area contributed by atoms with Crippen molar-refractivity contribution in [2.75, 3.05) is 6.54 Å². The summed E-state index contributed by atoms with van der Waals surface area (Å²) in [6.07, 6.45) is 0.497. The summed E-state index contributed by atoms with van der Waals surface area (Å²) in [6.45, 7) is 5.04. The highest BCUT2D eigenvalue weighted by atomic mass is 16.1. The number of ketones is 1. The zero-order valence-corrected chi connectivity index (χ0v) is 14.4. The van der Waals surface area contributed by atoms with Gasteiger partial charge in [0.1, 0.15) is 0 Å². The Kier molecular flexibility index (Phi) is 5.44. The number of Topliss-reactive ketones (excluding diaryl/α,β-unsaturated/α-hetero) is 1. The average molecular weight is 322 g/mol. The second-order valence-corrected chi connectivity index (χ2v) is 6.92. The molecule has 1 aliphatic rings. The standard InChI is InChI=1S/C21H26N2O/c1-15(2)20(19(24)13-16-9-5-3-6-10-16)22-14-18-21(23-18)17-11-7-4-8-12-17/h3-12,15,18,20-23H,13-14H2,1-2H3/t18?,20-,21?/m0/s1. The first-order valence-corrected chi connectivity index (χ1v) is 8.76. The molecule has 2 unspecified atom stereocenters. The maximum atomic E-state index is 12.7. The Morgan fingerprint density at radius 2 is 1.67 bits per heavy atom. The lowest BCUT2D eigenvalue weighted by Crippen LogP contribution is -2.43. The minimum atomic E-state index is -0.0935. The quantitative estimate of drug-likeness (QED) is 0.734. The lowest BCUT2D eigenvalue weighted by Gasteiger charge is -2.21. The number of hydrogen-bond acceptors (Lipinski definition) is 3. The van der Waals surface area contributed by atoms with Crippen LogP contribution in [-0.4, -0.2) is 24.4 Å². The van der Waals surface area contributed by atoms with Crippen LogP contribution >= 0.6 is 0 Å². The van der Waals surface area contributed by atoms with Crippen molar-refractivity contribution in [1.82, 2.24) is 10.6 Å². The van der Waals surface area contributed by atoms with Gasteiger partial charge >= 0.3 is 0 Å². The molecule has 2 aromatic carbocycles. The second kappa shape index (κ2) is 7.73. The van der Waals surface area contributed by atoms with Gasteiger partial charge in [0.15, 0.2) is 5.78 Å². The van der Waals surface area contributed by atoms with Crippen LogP contribution in [-0.2, 0) is 11.2 Å². The first-order valence-electron chi connectivity index (χ1n) is 8.76. The minimum absolute atomic E-state index is 0.0935. The van der Waals surface area contributed by atoms with Crippen LogP contribution in [0, 0.1) is 5.92 Å². The van der Waals surface area contributed by atoms with E-state index < -0.39 is 0 Å². The molecule has 1 saturated heterocycles. The predicted octanol–water partition coefficient (Wildman–Crippen LogP) is 3.13. The molecule has 126 valence electrons. The first-order chi connectivity index (χ1) is 11.6. The van der Waals surface area contributed by atoms with E-state index >= 15 is 0 Å². The molecule has 0 saturated carbocycles. The van der Waals surface area contributed by atoms with Gasteiger partial charge in [0, 0.05) is 25.0 Å². The van der Waals surface area contributed by atoms with Gasteiger partial charge in [-0.1, -0.05) is 74.5 Å². The van der Waals surface area contributed by atoms with E-state index in [2.05, 4.69) is 48.7 Å². The van der Waals surface area contributed by atoms with Crippen molar-refractivity contribution in [3.05, 3.63) is 71.8 Å². The summed E-state index contributed by atoms with van der Waals surface area (Å²) in [5.74, 6) is 0.559. The molecule has 0 spiro atoms. The summed E-state index contributed by atoms with van der Waals surface area (Å²) in [5, 5.41) is 6.98. The van der Waals surface area contributed by atoms with E-state index in [0.717, 1.165) is 12.1 Å². The maximum Gasteiger partial charge on any atom is 0.154 e. The lowest BCUT2D eigenvalue weighted by atomic mass is 9.95. The van der Waals surface area contributed by atoms with Gasteiger partial charge in [-0.25, -0.2) is 0 Å². The fourth-order valence-corrected chi connectivity index (χ4v) is 3.22. The average Bonchev–Trinajstić information content (AvgIpc) is 3.36. The van der Waals surface area contributed by atoms with Crippen LogP contribution in [0.1, 0.15) is 31.0 Å². The molecule has 2 N–H and O–H groups in total. The summed E-state index contributed by atoms with van der Waals surface area (Å²) >= 11 is 0. The molecule has 0 bridgehead atoms. The Morgan fingerprint density at radius 1 is 1.04 bits per heavy atom. The second-order valence-electron chi connectivity index (χ2n) is 6.92. The van der Waals surface area contributed by atoms with Crippen molar-refractivity contribution in [2.24, 2.45) is 5.92 Å². The van der Waals surface area contributed by atoms with Gasteiger partial charge in [0.05, 0.1) is 6.04 Å². The Morgan fingerprint density at radius 3 is 2.29 bits per heavy atom. The first kappa shape index (κ1) is 16.9. The molecule has 1 heterocycles. The molecule has 3 nitrogen and oxygen atoms in total. The van der Waals surface area contributed by atoms with Gasteiger partial charge in [0.2, 0.25) is 0 Å². The summed E-state index contributed by atoms with van der Waals surface area (Å²) in [6, 6.07) is 21.2. The lowest BCUT2D eigenvalue weighted by molar-refractivity contribution is -0.121. The molecule has 1 aliphatic heterocycles. The normalized spacial score (nSPS) is 20.8. The van der Waals surface area contributed by atoms with E-state index in [1.165, 1.54) is 5.56 Å². The van der Waals surface area contributed by atoms with Gasteiger partial charge in [-0.3, -0.25) is 4.79 Å². The van der Waals surface area contributed by atoms with Crippen LogP contribution in [0.15, 0.2) is 60.7 Å². The molecule has 24 heavy (non-hydrogen) atoms. The van der Waals surface area contributed by atoms with Crippen molar-refractivity contribution >= 4 is 5.78 Å². The number of carbonyl (C=O) groups excluding carboxylic acids is 1. The van der Waals surface area contributed by atoms with Gasteiger partial charge in [-0.2, -0.15) is 0 Å². The predicted molar refractivity (Wildman–Crippen MR) is 97.9 cm³/mol. The maximum absolute atomic E-state index is 12.7. The van der Waals surface area contributed by atoms with E-state index in [4.69, 9.17) is 0 Å². The number of rotatable bonds is 8. The van der Waals surface area contributed by atoms with Crippen molar-refractivity contribution in [2.45, 2.75) is 38.4 Å². The molecular weight excluding hydrogens is 296 g/mol. The molecule has 1 fully saturated rings. The highest BCUT2D eigenvalue weighted by Gasteiger charge is 2.37. The number of hydrogen-bond donors (Lipinski definition) is 2. The van der Waals surface area contributed by atoms with E-state index in [-0.39, 0.29) is 17.7 Å². The minimum Gasteiger partial charge on any atom is -0.306 e. The largest absolute Gasteiger partial charge is 0.306 e. The molecule has 0 aromatic heterocycles. The van der Waals surface area contributed by atoms with Gasteiger partial charge in [-0.15, -0.1) is 0 Å². The van der Waals surface area contributed by atoms with Crippen molar-refractivity contribution < 1.29 is 4.79 Å². The van der Waals surface area contributed by atoms with Crippen LogP contribution in [0.4, 0.5) is 0 Å². The fraction of sp³-hybridized carbons (Fsp3) is 0.381. The smallest absolute Gasteiger partial charge is 0.154 e. The van der Waals surface area contributed by atoms with Gasteiger partial charge < -0.3 is 10.6 Å². The van der Waals surface area contributed by atoms with E-state index in [9.17, 15) is 4.79 Å². The van der Waals surface area contributed by atoms with Crippen LogP contribution in [0.3, 0.4) is 0 Å². The summed E-state index contributed by atoms with van der Waals surface area (Å²) in [4.78, 5) is 12.7. The van der Waals surface area contributed by atoms with E-state index in [1.54, 1.807) is 0 Å². The monoisotopic (exact) mass is 322 g/mol. The fourth-order valence-electron chi connectivity index (χ4n) is 3.22. The summed E-state index contributed by atoms with van der Waals surface area (Å²) < 4.78 is 0. The van der Waals surface area contributed by atoms with E-state index in [1.807, 2.05) is 36.4 Å². The Balaban J connectivity index is 1.53. The Bertz CT molecular complexity index is 654. The molecule has 0 aliphatic carbocycles. The molecule has 0 amide bonds. The highest BCUT2D eigenvalue weighted by Crippen LogP contribution is 2.28. The van der Waals surface area contributed by atoms with Crippen molar-refractivity contribution in [3.8, 4) is 0 Å². The third-order valence-corrected chi connectivity index (χ3v) is 4.64. The topological polar surface area (TPSA) is 51.0 Å². The zero-order valence-electron chi connectivity index (χ0n) is 14.4. The molecule has 3 atom stereocenters. The van der Waals surface area contributed by atoms with Crippen molar-refractivity contribution in [1.29, 1.82) is 0 Å². The molecular formula is C21H26N2O. The van der Waals surface area contributed by atoms with Crippen molar-refractivity contribution in [3.63, 3.8) is 0 Å². The highest BCUT2D eigenvalue weighted by molar-refractivity contribution is 5.86. The SMILES string of the molecule is CC(C)[C@H](NCC1NC1c1ccccc1)C(=O)Cc1ccccc1. The third-order valence-electron chi connectivity index (χ3n) is 4.64. The van der Waals surface area contributed by atoms with Gasteiger partial charge in [0.25, 0.3) is 0 Å². The molecule has 2 aromatic rings.